The standard InChI is InChI=1S/C22H18F4N4O2/c1-21(2,22(24,25)26)17-10-18(30-32-17)29-19(31)9-13-4-3-12(8-16(13)23)15-7-14-5-6-27-20(14)28-11-15/h3-8,10-11H,9H2,1-2H3,(H,27,28)(H,29,30,31). The number of fused-ring (bicyclic) bond motifs is 1. The number of halogens is 4. The number of alkyl halides is 3. The summed E-state index contributed by atoms with van der Waals surface area (Å²) in [5.74, 6) is -1.85. The third-order valence-electron chi connectivity index (χ3n) is 5.24. The smallest absolute Gasteiger partial charge is 0.358 e. The molecule has 0 aliphatic heterocycles. The van der Waals surface area contributed by atoms with Gasteiger partial charge >= 0.3 is 6.18 Å². The third-order valence-corrected chi connectivity index (χ3v) is 5.24. The van der Waals surface area contributed by atoms with Crippen LogP contribution in [-0.2, 0) is 16.6 Å². The quantitative estimate of drug-likeness (QED) is 0.403. The first-order valence-electron chi connectivity index (χ1n) is 9.60. The minimum atomic E-state index is -4.56. The lowest BCUT2D eigenvalue weighted by Gasteiger charge is -2.24. The Morgan fingerprint density at radius 3 is 2.62 bits per heavy atom. The highest BCUT2D eigenvalue weighted by Gasteiger charge is 2.51. The van der Waals surface area contributed by atoms with Gasteiger partial charge in [-0.15, -0.1) is 0 Å². The van der Waals surface area contributed by atoms with Crippen molar-refractivity contribution in [2.45, 2.75) is 31.9 Å². The van der Waals surface area contributed by atoms with Crippen LogP contribution >= 0.6 is 0 Å². The second-order valence-corrected chi connectivity index (χ2v) is 7.87. The van der Waals surface area contributed by atoms with E-state index >= 15 is 0 Å². The van der Waals surface area contributed by atoms with Crippen LogP contribution in [0.2, 0.25) is 0 Å². The second kappa shape index (κ2) is 7.77. The molecule has 4 rings (SSSR count). The van der Waals surface area contributed by atoms with Gasteiger partial charge in [0, 0.05) is 29.4 Å². The van der Waals surface area contributed by atoms with E-state index in [2.05, 4.69) is 20.4 Å². The number of rotatable bonds is 5. The van der Waals surface area contributed by atoms with Crippen LogP contribution in [-0.4, -0.2) is 27.2 Å². The first-order chi connectivity index (χ1) is 15.0. The Labute approximate surface area is 179 Å². The Bertz CT molecular complexity index is 1290. The molecule has 0 saturated heterocycles. The van der Waals surface area contributed by atoms with Gasteiger partial charge in [-0.05, 0) is 43.2 Å². The summed E-state index contributed by atoms with van der Waals surface area (Å²) in [5, 5.41) is 6.68. The van der Waals surface area contributed by atoms with Gasteiger partial charge in [0.25, 0.3) is 0 Å². The molecule has 3 heterocycles. The van der Waals surface area contributed by atoms with E-state index in [0.717, 1.165) is 36.5 Å². The Morgan fingerprint density at radius 1 is 1.12 bits per heavy atom. The van der Waals surface area contributed by atoms with E-state index in [-0.39, 0.29) is 17.8 Å². The molecule has 0 radical (unpaired) electrons. The van der Waals surface area contributed by atoms with Crippen molar-refractivity contribution in [2.75, 3.05) is 5.32 Å². The molecular formula is C22H18F4N4O2. The molecule has 0 bridgehead atoms. The molecule has 1 aromatic carbocycles. The Hall–Kier alpha value is -3.69. The van der Waals surface area contributed by atoms with Crippen molar-refractivity contribution in [2.24, 2.45) is 0 Å². The van der Waals surface area contributed by atoms with Gasteiger partial charge in [-0.25, -0.2) is 9.37 Å². The minimum Gasteiger partial charge on any atom is -0.358 e. The highest BCUT2D eigenvalue weighted by atomic mass is 19.4. The molecule has 166 valence electrons. The van der Waals surface area contributed by atoms with Crippen LogP contribution in [0.25, 0.3) is 22.2 Å². The van der Waals surface area contributed by atoms with E-state index in [1.54, 1.807) is 18.5 Å². The molecule has 32 heavy (non-hydrogen) atoms. The van der Waals surface area contributed by atoms with Crippen LogP contribution in [0.5, 0.6) is 0 Å². The number of pyridine rings is 1. The van der Waals surface area contributed by atoms with E-state index in [9.17, 15) is 22.4 Å². The third kappa shape index (κ3) is 4.08. The van der Waals surface area contributed by atoms with Crippen LogP contribution in [0.3, 0.4) is 0 Å². The molecule has 1 amide bonds. The normalized spacial score (nSPS) is 12.3. The molecular weight excluding hydrogens is 428 g/mol. The second-order valence-electron chi connectivity index (χ2n) is 7.87. The molecule has 4 aromatic rings. The SMILES string of the molecule is CC(C)(c1cc(NC(=O)Cc2ccc(-c3cnc4[nH]ccc4c3)cc2F)no1)C(F)(F)F. The van der Waals surface area contributed by atoms with E-state index in [0.29, 0.717) is 5.56 Å². The number of benzene rings is 1. The fraction of sp³-hybridized carbons (Fsp3) is 0.227. The Balaban J connectivity index is 1.46. The largest absolute Gasteiger partial charge is 0.401 e. The van der Waals surface area contributed by atoms with Crippen molar-refractivity contribution in [3.63, 3.8) is 0 Å². The number of anilines is 1. The fourth-order valence-corrected chi connectivity index (χ4v) is 3.10. The summed E-state index contributed by atoms with van der Waals surface area (Å²) >= 11 is 0. The summed E-state index contributed by atoms with van der Waals surface area (Å²) in [6.07, 6.45) is -1.51. The summed E-state index contributed by atoms with van der Waals surface area (Å²) in [6.45, 7) is 1.89. The molecule has 0 aliphatic carbocycles. The number of hydrogen-bond donors (Lipinski definition) is 2. The zero-order valence-corrected chi connectivity index (χ0v) is 17.0. The van der Waals surface area contributed by atoms with Crippen molar-refractivity contribution in [1.29, 1.82) is 0 Å². The lowest BCUT2D eigenvalue weighted by atomic mass is 9.89. The van der Waals surface area contributed by atoms with Gasteiger partial charge in [0.05, 0.1) is 6.42 Å². The number of hydrogen-bond acceptors (Lipinski definition) is 4. The highest BCUT2D eigenvalue weighted by Crippen LogP contribution is 2.41. The number of amides is 1. The zero-order valence-electron chi connectivity index (χ0n) is 17.0. The minimum absolute atomic E-state index is 0.126. The van der Waals surface area contributed by atoms with E-state index in [4.69, 9.17) is 4.52 Å². The van der Waals surface area contributed by atoms with Gasteiger partial charge in [0.1, 0.15) is 16.9 Å². The van der Waals surface area contributed by atoms with Crippen molar-refractivity contribution >= 4 is 22.8 Å². The summed E-state index contributed by atoms with van der Waals surface area (Å²) in [5.41, 5.74) is -0.117. The molecule has 2 N–H and O–H groups in total. The predicted molar refractivity (Wildman–Crippen MR) is 109 cm³/mol. The number of nitrogens with zero attached hydrogens (tertiary/aromatic N) is 2. The predicted octanol–water partition coefficient (Wildman–Crippen LogP) is 5.38. The van der Waals surface area contributed by atoms with Gasteiger partial charge in [-0.1, -0.05) is 17.3 Å². The number of carbonyl (C=O) groups is 1. The summed E-state index contributed by atoms with van der Waals surface area (Å²) in [4.78, 5) is 19.5. The first kappa shape index (κ1) is 21.5. The van der Waals surface area contributed by atoms with Crippen molar-refractivity contribution < 1.29 is 26.9 Å². The molecule has 0 atom stereocenters. The number of nitrogens with one attached hydrogen (secondary N) is 2. The maximum atomic E-state index is 14.6. The number of aromatic nitrogens is 3. The van der Waals surface area contributed by atoms with Gasteiger partial charge in [-0.3, -0.25) is 4.79 Å². The lowest BCUT2D eigenvalue weighted by Crippen LogP contribution is -2.35. The monoisotopic (exact) mass is 446 g/mol. The number of aromatic amines is 1. The molecule has 0 saturated carbocycles. The van der Waals surface area contributed by atoms with E-state index in [1.165, 1.54) is 12.1 Å². The summed E-state index contributed by atoms with van der Waals surface area (Å²) < 4.78 is 58.7. The molecule has 0 spiro atoms. The molecule has 6 nitrogen and oxygen atoms in total. The highest BCUT2D eigenvalue weighted by molar-refractivity contribution is 5.91. The zero-order chi connectivity index (χ0) is 23.1. The molecule has 0 fully saturated rings. The molecule has 10 heteroatoms. The van der Waals surface area contributed by atoms with Crippen LogP contribution < -0.4 is 5.32 Å². The van der Waals surface area contributed by atoms with Crippen molar-refractivity contribution in [1.82, 2.24) is 15.1 Å². The van der Waals surface area contributed by atoms with Gasteiger partial charge in [-0.2, -0.15) is 13.2 Å². The fourth-order valence-electron chi connectivity index (χ4n) is 3.10. The molecule has 3 aromatic heterocycles. The molecule has 0 aliphatic rings. The Morgan fingerprint density at radius 2 is 1.91 bits per heavy atom. The average Bonchev–Trinajstić information content (AvgIpc) is 3.37. The van der Waals surface area contributed by atoms with Gasteiger partial charge in [0.2, 0.25) is 5.91 Å². The van der Waals surface area contributed by atoms with E-state index < -0.39 is 29.1 Å². The van der Waals surface area contributed by atoms with Gasteiger partial charge in [0.15, 0.2) is 11.6 Å². The molecule has 0 unspecified atom stereocenters. The average molecular weight is 446 g/mol. The lowest BCUT2D eigenvalue weighted by molar-refractivity contribution is -0.185. The summed E-state index contributed by atoms with van der Waals surface area (Å²) in [6, 6.07) is 9.18. The number of H-pyrrole nitrogens is 1. The maximum absolute atomic E-state index is 14.6. The summed E-state index contributed by atoms with van der Waals surface area (Å²) in [7, 11) is 0. The van der Waals surface area contributed by atoms with Crippen LogP contribution in [0.4, 0.5) is 23.4 Å². The first-order valence-corrected chi connectivity index (χ1v) is 9.60. The van der Waals surface area contributed by atoms with Crippen LogP contribution in [0.15, 0.2) is 53.3 Å². The van der Waals surface area contributed by atoms with Crippen LogP contribution in [0, 0.1) is 5.82 Å². The van der Waals surface area contributed by atoms with Crippen molar-refractivity contribution in [3.05, 3.63) is 65.9 Å². The Kier molecular flexibility index (Phi) is 5.23. The van der Waals surface area contributed by atoms with Crippen LogP contribution in [0.1, 0.15) is 25.2 Å². The van der Waals surface area contributed by atoms with Crippen molar-refractivity contribution in [3.8, 4) is 11.1 Å². The van der Waals surface area contributed by atoms with E-state index in [1.807, 2.05) is 12.1 Å². The number of carbonyl (C=O) groups excluding carboxylic acids is 1. The maximum Gasteiger partial charge on any atom is 0.401 e. The van der Waals surface area contributed by atoms with Gasteiger partial charge < -0.3 is 14.8 Å². The topological polar surface area (TPSA) is 83.8 Å².